The molecule has 4 nitrogen and oxygen atoms in total. The molecule has 1 aromatic carbocycles. The lowest BCUT2D eigenvalue weighted by atomic mass is 10.0. The second-order valence-electron chi connectivity index (χ2n) is 6.00. The highest BCUT2D eigenvalue weighted by Gasteiger charge is 2.49. The average molecular weight is 348 g/mol. The Morgan fingerprint density at radius 1 is 1.22 bits per heavy atom. The largest absolute Gasteiger partial charge is 0.461 e. The molecule has 3 rings (SSSR count). The number of hydrogen-bond acceptors (Lipinski definition) is 4. The third-order valence-electron chi connectivity index (χ3n) is 4.23. The van der Waals surface area contributed by atoms with Crippen molar-refractivity contribution in [2.45, 2.75) is 31.0 Å². The van der Waals surface area contributed by atoms with E-state index < -0.39 is 45.5 Å². The topological polar surface area (TPSA) is 60.4 Å². The van der Waals surface area contributed by atoms with Gasteiger partial charge in [-0.3, -0.25) is 4.79 Å². The number of ether oxygens (including phenoxy) is 1. The zero-order valence-corrected chi connectivity index (χ0v) is 12.9. The molecule has 0 unspecified atom stereocenters. The van der Waals surface area contributed by atoms with Crippen molar-refractivity contribution < 1.29 is 31.1 Å². The van der Waals surface area contributed by atoms with Gasteiger partial charge in [0.2, 0.25) is 0 Å². The number of hydrogen-bond donors (Lipinski definition) is 0. The Morgan fingerprint density at radius 2 is 1.91 bits per heavy atom. The molecule has 0 amide bonds. The Labute approximate surface area is 131 Å². The van der Waals surface area contributed by atoms with Crippen LogP contribution in [0.5, 0.6) is 0 Å². The van der Waals surface area contributed by atoms with Crippen molar-refractivity contribution in [3.05, 3.63) is 35.4 Å². The first kappa shape index (κ1) is 16.3. The lowest BCUT2D eigenvalue weighted by molar-refractivity contribution is -0.149. The van der Waals surface area contributed by atoms with E-state index in [0.717, 1.165) is 6.07 Å². The van der Waals surface area contributed by atoms with Crippen molar-refractivity contribution in [1.82, 2.24) is 0 Å². The molecule has 1 heterocycles. The van der Waals surface area contributed by atoms with Gasteiger partial charge in [-0.1, -0.05) is 18.2 Å². The summed E-state index contributed by atoms with van der Waals surface area (Å²) in [6.45, 7) is 0. The van der Waals surface area contributed by atoms with Crippen molar-refractivity contribution in [3.8, 4) is 0 Å². The molecule has 0 spiro atoms. The highest BCUT2D eigenvalue weighted by Crippen LogP contribution is 2.51. The minimum Gasteiger partial charge on any atom is -0.461 e. The molecule has 3 atom stereocenters. The predicted molar refractivity (Wildman–Crippen MR) is 75.4 cm³/mol. The van der Waals surface area contributed by atoms with Crippen LogP contribution in [-0.2, 0) is 25.5 Å². The molecule has 1 aliphatic carbocycles. The maximum absolute atomic E-state index is 13.0. The fourth-order valence-electron chi connectivity index (χ4n) is 2.98. The molecule has 0 bridgehead atoms. The van der Waals surface area contributed by atoms with Crippen molar-refractivity contribution in [3.63, 3.8) is 0 Å². The van der Waals surface area contributed by atoms with Gasteiger partial charge in [0.25, 0.3) is 0 Å². The van der Waals surface area contributed by atoms with Gasteiger partial charge in [0, 0.05) is 0 Å². The van der Waals surface area contributed by atoms with Crippen LogP contribution in [0.3, 0.4) is 0 Å². The average Bonchev–Trinajstić information content (AvgIpc) is 3.17. The molecular formula is C15H15F3O4S. The van der Waals surface area contributed by atoms with Crippen LogP contribution in [0.25, 0.3) is 0 Å². The lowest BCUT2D eigenvalue weighted by Crippen LogP contribution is -2.21. The first-order chi connectivity index (χ1) is 10.7. The van der Waals surface area contributed by atoms with Crippen LogP contribution in [0, 0.1) is 5.92 Å². The molecule has 0 radical (unpaired) electrons. The smallest absolute Gasteiger partial charge is 0.416 e. The summed E-state index contributed by atoms with van der Waals surface area (Å²) in [5, 5.41) is 0. The second kappa shape index (κ2) is 5.51. The van der Waals surface area contributed by atoms with E-state index in [0.29, 0.717) is 6.42 Å². The van der Waals surface area contributed by atoms with Crippen LogP contribution in [0.1, 0.15) is 29.9 Å². The Morgan fingerprint density at radius 3 is 2.52 bits per heavy atom. The zero-order chi connectivity index (χ0) is 16.8. The fourth-order valence-corrected chi connectivity index (χ4v) is 4.57. The van der Waals surface area contributed by atoms with Crippen LogP contribution in [0.15, 0.2) is 24.3 Å². The molecule has 2 aliphatic rings. The summed E-state index contributed by atoms with van der Waals surface area (Å²) in [6.07, 6.45) is -4.59. The molecule has 1 aliphatic heterocycles. The Balaban J connectivity index is 1.67. The summed E-state index contributed by atoms with van der Waals surface area (Å²) in [5.41, 5.74) is -0.635. The maximum Gasteiger partial charge on any atom is 0.416 e. The summed E-state index contributed by atoms with van der Waals surface area (Å²) in [7, 11) is -3.16. The van der Waals surface area contributed by atoms with E-state index in [1.807, 2.05) is 0 Å². The molecule has 2 fully saturated rings. The van der Waals surface area contributed by atoms with Gasteiger partial charge >= 0.3 is 12.1 Å². The normalized spacial score (nSPS) is 29.3. The number of rotatable bonds is 3. The van der Waals surface area contributed by atoms with Gasteiger partial charge in [-0.2, -0.15) is 13.2 Å². The first-order valence-corrected chi connectivity index (χ1v) is 9.06. The minimum absolute atomic E-state index is 0.0179. The van der Waals surface area contributed by atoms with Gasteiger partial charge < -0.3 is 4.74 Å². The third-order valence-corrected chi connectivity index (χ3v) is 5.97. The van der Waals surface area contributed by atoms with Crippen molar-refractivity contribution >= 4 is 15.8 Å². The number of esters is 1. The van der Waals surface area contributed by atoms with Gasteiger partial charge in [0.15, 0.2) is 9.84 Å². The van der Waals surface area contributed by atoms with E-state index in [2.05, 4.69) is 0 Å². The highest BCUT2D eigenvalue weighted by molar-refractivity contribution is 7.91. The van der Waals surface area contributed by atoms with Gasteiger partial charge in [-0.25, -0.2) is 8.42 Å². The van der Waals surface area contributed by atoms with E-state index in [4.69, 9.17) is 4.74 Å². The molecule has 0 N–H and O–H groups in total. The number of carbonyl (C=O) groups is 1. The summed E-state index contributed by atoms with van der Waals surface area (Å²) in [4.78, 5) is 12.0. The molecule has 23 heavy (non-hydrogen) atoms. The standard InChI is InChI=1S/C15H15F3O4S/c16-15(17,18)13-4-2-1-3-10(13)11-7-12(11)14(19)22-9-5-6-23(20,21)8-9/h1-4,9,11-12H,5-8H2/t9-,11+,12+/m1/s1. The van der Waals surface area contributed by atoms with Crippen LogP contribution < -0.4 is 0 Å². The van der Waals surface area contributed by atoms with E-state index in [1.165, 1.54) is 18.2 Å². The summed E-state index contributed by atoms with van der Waals surface area (Å²) >= 11 is 0. The van der Waals surface area contributed by atoms with Crippen molar-refractivity contribution in [2.24, 2.45) is 5.92 Å². The third kappa shape index (κ3) is 3.52. The maximum atomic E-state index is 13.0. The van der Waals surface area contributed by atoms with Gasteiger partial charge in [0.05, 0.1) is 23.0 Å². The number of alkyl halides is 3. The van der Waals surface area contributed by atoms with Gasteiger partial charge in [-0.05, 0) is 30.4 Å². The molecule has 0 aromatic heterocycles. The summed E-state index contributed by atoms with van der Waals surface area (Å²) in [5.74, 6) is -1.96. The quantitative estimate of drug-likeness (QED) is 0.788. The van der Waals surface area contributed by atoms with Crippen molar-refractivity contribution in [1.29, 1.82) is 0 Å². The highest BCUT2D eigenvalue weighted by atomic mass is 32.2. The number of carbonyl (C=O) groups excluding carboxylic acids is 1. The second-order valence-corrected chi connectivity index (χ2v) is 8.22. The van der Waals surface area contributed by atoms with Gasteiger partial charge in [-0.15, -0.1) is 0 Å². The van der Waals surface area contributed by atoms with Gasteiger partial charge in [0.1, 0.15) is 6.10 Å². The first-order valence-electron chi connectivity index (χ1n) is 7.24. The molecular weight excluding hydrogens is 333 g/mol. The molecule has 8 heteroatoms. The Kier molecular flexibility index (Phi) is 3.90. The van der Waals surface area contributed by atoms with E-state index >= 15 is 0 Å². The molecule has 1 saturated carbocycles. The number of halogens is 3. The van der Waals surface area contributed by atoms with E-state index in [-0.39, 0.29) is 23.5 Å². The van der Waals surface area contributed by atoms with Crippen LogP contribution in [0.2, 0.25) is 0 Å². The Bertz CT molecular complexity index is 726. The number of sulfone groups is 1. The predicted octanol–water partition coefficient (Wildman–Crippen LogP) is 2.54. The van der Waals surface area contributed by atoms with Crippen molar-refractivity contribution in [2.75, 3.05) is 11.5 Å². The van der Waals surface area contributed by atoms with Crippen LogP contribution in [-0.4, -0.2) is 32.0 Å². The van der Waals surface area contributed by atoms with Crippen LogP contribution in [0.4, 0.5) is 13.2 Å². The SMILES string of the molecule is O=C(O[C@@H]1CCS(=O)(=O)C1)[C@H]1C[C@H]1c1ccccc1C(F)(F)F. The lowest BCUT2D eigenvalue weighted by Gasteiger charge is -2.13. The Hall–Kier alpha value is -1.57. The van der Waals surface area contributed by atoms with Crippen LogP contribution >= 0.6 is 0 Å². The minimum atomic E-state index is -4.47. The molecule has 126 valence electrons. The summed E-state index contributed by atoms with van der Waals surface area (Å²) < 4.78 is 66.8. The zero-order valence-electron chi connectivity index (χ0n) is 12.0. The van der Waals surface area contributed by atoms with E-state index in [1.54, 1.807) is 0 Å². The fraction of sp³-hybridized carbons (Fsp3) is 0.533. The number of benzene rings is 1. The monoisotopic (exact) mass is 348 g/mol. The van der Waals surface area contributed by atoms with E-state index in [9.17, 15) is 26.4 Å². The summed E-state index contributed by atoms with van der Waals surface area (Å²) in [6, 6.07) is 5.20. The molecule has 1 aromatic rings. The molecule has 1 saturated heterocycles.